The molecule has 0 saturated carbocycles. The molecule has 5 heteroatoms. The van der Waals surface area contributed by atoms with E-state index in [1.165, 1.54) is 20.7 Å². The first-order chi connectivity index (χ1) is 6.81. The van der Waals surface area contributed by atoms with Crippen molar-refractivity contribution in [2.45, 2.75) is 0 Å². The van der Waals surface area contributed by atoms with Gasteiger partial charge in [-0.05, 0) is 17.5 Å². The Balaban J connectivity index is 2.18. The van der Waals surface area contributed by atoms with Gasteiger partial charge in [-0.3, -0.25) is 4.79 Å². The Morgan fingerprint density at radius 3 is 3.07 bits per heavy atom. The lowest BCUT2D eigenvalue weighted by Gasteiger charge is -1.98. The predicted octanol–water partition coefficient (Wildman–Crippen LogP) is 2.93. The van der Waals surface area contributed by atoms with Gasteiger partial charge in [-0.2, -0.15) is 0 Å². The molecule has 2 aromatic rings. The van der Waals surface area contributed by atoms with Crippen LogP contribution in [0.1, 0.15) is 9.67 Å². The second-order valence-electron chi connectivity index (χ2n) is 2.70. The molecule has 0 aromatic carbocycles. The van der Waals surface area contributed by atoms with Crippen molar-refractivity contribution in [3.63, 3.8) is 0 Å². The lowest BCUT2D eigenvalue weighted by Crippen LogP contribution is -2.24. The smallest absolute Gasteiger partial charge is 0.261 e. The van der Waals surface area contributed by atoms with Gasteiger partial charge < -0.3 is 5.32 Å². The molecule has 0 aliphatic heterocycles. The van der Waals surface area contributed by atoms with Crippen molar-refractivity contribution >= 4 is 49.6 Å². The van der Waals surface area contributed by atoms with Crippen LogP contribution in [0.15, 0.2) is 17.5 Å². The highest BCUT2D eigenvalue weighted by molar-refractivity contribution is 7.27. The summed E-state index contributed by atoms with van der Waals surface area (Å²) in [6.45, 7) is 0.520. The number of carbonyl (C=O) groups excluding carboxylic acids is 1. The molecule has 0 fully saturated rings. The van der Waals surface area contributed by atoms with Crippen LogP contribution in [0.4, 0.5) is 0 Å². The Hall–Kier alpha value is -0.580. The van der Waals surface area contributed by atoms with Crippen molar-refractivity contribution in [3.05, 3.63) is 22.4 Å². The van der Waals surface area contributed by atoms with Gasteiger partial charge in [0.2, 0.25) is 0 Å². The number of hydrogen-bond donors (Lipinski definition) is 1. The van der Waals surface area contributed by atoms with Gasteiger partial charge in [0.1, 0.15) is 0 Å². The fourth-order valence-corrected chi connectivity index (χ4v) is 3.25. The molecule has 74 valence electrons. The van der Waals surface area contributed by atoms with Gasteiger partial charge in [0, 0.05) is 21.8 Å². The van der Waals surface area contributed by atoms with Crippen LogP contribution in [0.5, 0.6) is 0 Å². The third-order valence-corrected chi connectivity index (χ3v) is 4.02. The molecule has 2 rings (SSSR count). The number of nitrogens with one attached hydrogen (secondary N) is 1. The summed E-state index contributed by atoms with van der Waals surface area (Å²) in [6, 6.07) is 3.96. The third kappa shape index (κ3) is 1.92. The predicted molar refractivity (Wildman–Crippen MR) is 62.8 cm³/mol. The molecule has 0 aliphatic rings. The number of alkyl halides is 1. The minimum Gasteiger partial charge on any atom is -0.350 e. The Kier molecular flexibility index (Phi) is 3.05. The molecule has 0 radical (unpaired) electrons. The van der Waals surface area contributed by atoms with Crippen molar-refractivity contribution < 1.29 is 4.79 Å². The molecule has 1 N–H and O–H groups in total. The van der Waals surface area contributed by atoms with Crippen LogP contribution in [0.25, 0.3) is 9.40 Å². The average Bonchev–Trinajstić information content (AvgIpc) is 2.72. The van der Waals surface area contributed by atoms with Crippen LogP contribution in [-0.4, -0.2) is 18.3 Å². The lowest BCUT2D eigenvalue weighted by molar-refractivity contribution is 0.0960. The van der Waals surface area contributed by atoms with Crippen LogP contribution >= 0.6 is 34.3 Å². The zero-order valence-corrected chi connectivity index (χ0v) is 9.64. The monoisotopic (exact) mass is 245 g/mol. The first-order valence-electron chi connectivity index (χ1n) is 4.12. The SMILES string of the molecule is O=C(NCCCl)c1cc2sccc2s1. The van der Waals surface area contributed by atoms with E-state index in [-0.39, 0.29) is 5.91 Å². The van der Waals surface area contributed by atoms with E-state index in [2.05, 4.69) is 5.32 Å². The highest BCUT2D eigenvalue weighted by atomic mass is 35.5. The van der Waals surface area contributed by atoms with E-state index in [0.717, 1.165) is 4.88 Å². The van der Waals surface area contributed by atoms with Gasteiger partial charge in [-0.1, -0.05) is 0 Å². The average molecular weight is 246 g/mol. The van der Waals surface area contributed by atoms with Gasteiger partial charge in [0.15, 0.2) is 0 Å². The number of fused-ring (bicyclic) bond motifs is 1. The van der Waals surface area contributed by atoms with E-state index >= 15 is 0 Å². The molecule has 0 spiro atoms. The molecule has 2 nitrogen and oxygen atoms in total. The first kappa shape index (κ1) is 9.96. The highest BCUT2D eigenvalue weighted by Crippen LogP contribution is 2.29. The van der Waals surface area contributed by atoms with Gasteiger partial charge in [-0.25, -0.2) is 0 Å². The number of halogens is 1. The molecule has 0 atom stereocenters. The van der Waals surface area contributed by atoms with Gasteiger partial charge in [0.05, 0.1) is 4.88 Å². The van der Waals surface area contributed by atoms with E-state index in [0.29, 0.717) is 12.4 Å². The topological polar surface area (TPSA) is 29.1 Å². The van der Waals surface area contributed by atoms with Crippen molar-refractivity contribution in [2.75, 3.05) is 12.4 Å². The third-order valence-electron chi connectivity index (χ3n) is 1.74. The minimum absolute atomic E-state index is 0.0287. The van der Waals surface area contributed by atoms with E-state index in [1.807, 2.05) is 17.5 Å². The summed E-state index contributed by atoms with van der Waals surface area (Å²) in [4.78, 5) is 12.3. The molecule has 0 bridgehead atoms. The second-order valence-corrected chi connectivity index (χ2v) is 5.11. The number of carbonyl (C=O) groups is 1. The summed E-state index contributed by atoms with van der Waals surface area (Å²) in [7, 11) is 0. The molecule has 14 heavy (non-hydrogen) atoms. The lowest BCUT2D eigenvalue weighted by atomic mass is 10.4. The van der Waals surface area contributed by atoms with Crippen LogP contribution in [-0.2, 0) is 0 Å². The van der Waals surface area contributed by atoms with Crippen LogP contribution in [0, 0.1) is 0 Å². The fourth-order valence-electron chi connectivity index (χ4n) is 1.13. The van der Waals surface area contributed by atoms with Crippen LogP contribution < -0.4 is 5.32 Å². The quantitative estimate of drug-likeness (QED) is 0.828. The molecule has 0 unspecified atom stereocenters. The highest BCUT2D eigenvalue weighted by Gasteiger charge is 2.09. The first-order valence-corrected chi connectivity index (χ1v) is 6.35. The van der Waals surface area contributed by atoms with E-state index < -0.39 is 0 Å². The van der Waals surface area contributed by atoms with Crippen LogP contribution in [0.3, 0.4) is 0 Å². The second kappa shape index (κ2) is 4.29. The van der Waals surface area contributed by atoms with Crippen LogP contribution in [0.2, 0.25) is 0 Å². The molecule has 0 aliphatic carbocycles. The summed E-state index contributed by atoms with van der Waals surface area (Å²) in [6.07, 6.45) is 0. The standard InChI is InChI=1S/C9H8ClNOS2/c10-2-3-11-9(12)8-5-7-6(14-8)1-4-13-7/h1,4-5H,2-3H2,(H,11,12). The molecule has 1 amide bonds. The zero-order chi connectivity index (χ0) is 9.97. The largest absolute Gasteiger partial charge is 0.350 e. The fraction of sp³-hybridized carbons (Fsp3) is 0.222. The molecule has 0 saturated heterocycles. The Morgan fingerprint density at radius 2 is 2.36 bits per heavy atom. The summed E-state index contributed by atoms with van der Waals surface area (Å²) in [5, 5.41) is 4.77. The number of amides is 1. The summed E-state index contributed by atoms with van der Waals surface area (Å²) < 4.78 is 2.34. The Bertz CT molecular complexity index is 420. The summed E-state index contributed by atoms with van der Waals surface area (Å²) in [5.74, 6) is 0.421. The number of thiophene rings is 2. The van der Waals surface area contributed by atoms with Gasteiger partial charge >= 0.3 is 0 Å². The van der Waals surface area contributed by atoms with E-state index in [1.54, 1.807) is 11.3 Å². The maximum Gasteiger partial charge on any atom is 0.261 e. The molecular weight excluding hydrogens is 238 g/mol. The van der Waals surface area contributed by atoms with Crippen molar-refractivity contribution in [2.24, 2.45) is 0 Å². The summed E-state index contributed by atoms with van der Waals surface area (Å²) in [5.41, 5.74) is 0. The van der Waals surface area contributed by atoms with Gasteiger partial charge in [0.25, 0.3) is 5.91 Å². The maximum atomic E-state index is 11.5. The zero-order valence-electron chi connectivity index (χ0n) is 7.25. The number of rotatable bonds is 3. The maximum absolute atomic E-state index is 11.5. The van der Waals surface area contributed by atoms with Crippen molar-refractivity contribution in [1.29, 1.82) is 0 Å². The Morgan fingerprint density at radius 1 is 1.50 bits per heavy atom. The Labute approximate surface area is 94.5 Å². The van der Waals surface area contributed by atoms with Crippen molar-refractivity contribution in [1.82, 2.24) is 5.32 Å². The number of hydrogen-bond acceptors (Lipinski definition) is 3. The van der Waals surface area contributed by atoms with E-state index in [4.69, 9.17) is 11.6 Å². The minimum atomic E-state index is -0.0287. The molecular formula is C9H8ClNOS2. The van der Waals surface area contributed by atoms with Gasteiger partial charge in [-0.15, -0.1) is 34.3 Å². The normalized spacial score (nSPS) is 10.6. The summed E-state index contributed by atoms with van der Waals surface area (Å²) >= 11 is 8.65. The van der Waals surface area contributed by atoms with Crippen molar-refractivity contribution in [3.8, 4) is 0 Å². The molecule has 2 aromatic heterocycles. The molecule has 2 heterocycles. The van der Waals surface area contributed by atoms with E-state index in [9.17, 15) is 4.79 Å².